The van der Waals surface area contributed by atoms with Crippen LogP contribution in [0, 0.1) is 6.92 Å². The molecular weight excluding hydrogens is 1290 g/mol. The maximum atomic E-state index is 4.14. The van der Waals surface area contributed by atoms with Gasteiger partial charge in [-0.05, 0) is 163 Å². The molecule has 0 N–H and O–H groups in total. The number of aromatic nitrogens is 4. The SMILES string of the molecule is C=C/C=C\c1c(C)c2ccc3c4ccc5sc6cccc7c8ccccc8c8ccccc8n(c4c5c67)c3c2n1-c1ccc(-c2ccc(-c3cccc(-c4ccc(-n5c6ccccc6c6c5ccc5c7ccc8sc9cccc%10c%11ccccc%11c%11ccccc%11n(c7c8c9%10)c56)cc4)c3)cc2)cc1. The molecule has 23 aromatic rings. The van der Waals surface area contributed by atoms with Crippen LogP contribution in [0.3, 0.4) is 0 Å². The topological polar surface area (TPSA) is 18.7 Å². The summed E-state index contributed by atoms with van der Waals surface area (Å²) in [5, 5.41) is 24.0. The number of rotatable bonds is 7. The van der Waals surface area contributed by atoms with Gasteiger partial charge in [-0.2, -0.15) is 0 Å². The summed E-state index contributed by atoms with van der Waals surface area (Å²) in [4.78, 5) is 0. The molecule has 6 heteroatoms. The van der Waals surface area contributed by atoms with Gasteiger partial charge in [0.1, 0.15) is 0 Å². The van der Waals surface area contributed by atoms with E-state index in [0.717, 1.165) is 28.2 Å². The molecule has 4 nitrogen and oxygen atoms in total. The fourth-order valence-corrected chi connectivity index (χ4v) is 20.5. The molecule has 0 bridgehead atoms. The highest BCUT2D eigenvalue weighted by Gasteiger charge is 2.27. The van der Waals surface area contributed by atoms with Crippen molar-refractivity contribution in [3.05, 3.63) is 333 Å². The molecule has 0 amide bonds. The Bertz CT molecular complexity index is 7730. The molecule has 15 aromatic carbocycles. The highest BCUT2D eigenvalue weighted by atomic mass is 32.1. The molecule has 0 aliphatic heterocycles. The van der Waals surface area contributed by atoms with Gasteiger partial charge in [-0.15, -0.1) is 22.7 Å². The van der Waals surface area contributed by atoms with Crippen molar-refractivity contribution in [1.29, 1.82) is 0 Å². The van der Waals surface area contributed by atoms with Crippen molar-refractivity contribution in [2.75, 3.05) is 0 Å². The summed E-state index contributed by atoms with van der Waals surface area (Å²) in [5.41, 5.74) is 22.5. The molecule has 478 valence electrons. The minimum absolute atomic E-state index is 1.10. The fourth-order valence-electron chi connectivity index (χ4n) is 18.3. The van der Waals surface area contributed by atoms with Gasteiger partial charge in [0.2, 0.25) is 0 Å². The maximum Gasteiger partial charge on any atom is 0.0789 e. The summed E-state index contributed by atoms with van der Waals surface area (Å²) >= 11 is 3.80. The summed E-state index contributed by atoms with van der Waals surface area (Å²) in [6.45, 7) is 6.41. The minimum atomic E-state index is 1.10. The van der Waals surface area contributed by atoms with E-state index >= 15 is 0 Å². The van der Waals surface area contributed by atoms with E-state index in [0.29, 0.717) is 0 Å². The number of nitrogens with zero attached hydrogens (tertiary/aromatic N) is 4. The lowest BCUT2D eigenvalue weighted by Gasteiger charge is -2.13. The lowest BCUT2D eigenvalue weighted by Crippen LogP contribution is -1.99. The molecule has 23 rings (SSSR count). The van der Waals surface area contributed by atoms with Crippen LogP contribution in [0.15, 0.2) is 322 Å². The molecule has 8 heterocycles. The Hall–Kier alpha value is -12.8. The third kappa shape index (κ3) is 7.83. The minimum Gasteiger partial charge on any atom is -0.309 e. The molecule has 0 atom stereocenters. The first kappa shape index (κ1) is 57.0. The van der Waals surface area contributed by atoms with Crippen molar-refractivity contribution in [2.24, 2.45) is 0 Å². The largest absolute Gasteiger partial charge is 0.309 e. The third-order valence-electron chi connectivity index (χ3n) is 22.7. The predicted octanol–water partition coefficient (Wildman–Crippen LogP) is 27.7. The van der Waals surface area contributed by atoms with Crippen molar-refractivity contribution in [3.63, 3.8) is 0 Å². The summed E-state index contributed by atoms with van der Waals surface area (Å²) in [7, 11) is 0. The summed E-state index contributed by atoms with van der Waals surface area (Å²) in [6, 6.07) is 114. The van der Waals surface area contributed by atoms with Crippen molar-refractivity contribution < 1.29 is 0 Å². The Balaban J connectivity index is 0.622. The summed E-state index contributed by atoms with van der Waals surface area (Å²) in [6.07, 6.45) is 6.19. The second kappa shape index (κ2) is 21.3. The lowest BCUT2D eigenvalue weighted by atomic mass is 9.97. The van der Waals surface area contributed by atoms with Gasteiger partial charge in [0.15, 0.2) is 0 Å². The number of hydrogen-bond donors (Lipinski definition) is 0. The van der Waals surface area contributed by atoms with Crippen LogP contribution in [0.5, 0.6) is 0 Å². The van der Waals surface area contributed by atoms with Crippen LogP contribution in [-0.4, -0.2) is 17.9 Å². The number of hydrogen-bond acceptors (Lipinski definition) is 2. The van der Waals surface area contributed by atoms with E-state index in [4.69, 9.17) is 0 Å². The van der Waals surface area contributed by atoms with Crippen molar-refractivity contribution in [3.8, 4) is 44.8 Å². The molecular formula is C97H58N4S2. The number of benzene rings is 15. The van der Waals surface area contributed by atoms with E-state index in [1.807, 2.05) is 28.7 Å². The van der Waals surface area contributed by atoms with Crippen LogP contribution in [-0.2, 0) is 0 Å². The molecule has 0 aliphatic rings. The van der Waals surface area contributed by atoms with E-state index in [-0.39, 0.29) is 0 Å². The number of fused-ring (bicyclic) bond motifs is 22. The molecule has 0 saturated heterocycles. The maximum absolute atomic E-state index is 4.14. The Kier molecular flexibility index (Phi) is 11.8. The fraction of sp³-hybridized carbons (Fsp3) is 0.0103. The van der Waals surface area contributed by atoms with Gasteiger partial charge in [-0.25, -0.2) is 0 Å². The zero-order valence-corrected chi connectivity index (χ0v) is 57.5. The van der Waals surface area contributed by atoms with Gasteiger partial charge in [0.05, 0.1) is 49.7 Å². The first-order valence-electron chi connectivity index (χ1n) is 35.4. The van der Waals surface area contributed by atoms with Crippen LogP contribution in [0.25, 0.3) is 222 Å². The first-order valence-corrected chi connectivity index (χ1v) is 37.0. The summed E-state index contributed by atoms with van der Waals surface area (Å²) in [5.74, 6) is 0. The second-order valence-electron chi connectivity index (χ2n) is 27.8. The highest BCUT2D eigenvalue weighted by Crippen LogP contribution is 2.51. The monoisotopic (exact) mass is 1340 g/mol. The van der Waals surface area contributed by atoms with Gasteiger partial charge >= 0.3 is 0 Å². The molecule has 0 fully saturated rings. The van der Waals surface area contributed by atoms with Crippen molar-refractivity contribution >= 4 is 200 Å². The number of thiophene rings is 2. The first-order chi connectivity index (χ1) is 51.0. The smallest absolute Gasteiger partial charge is 0.0789 e. The van der Waals surface area contributed by atoms with Crippen molar-refractivity contribution in [1.82, 2.24) is 17.9 Å². The molecule has 0 spiro atoms. The van der Waals surface area contributed by atoms with Crippen LogP contribution < -0.4 is 0 Å². The zero-order chi connectivity index (χ0) is 67.4. The van der Waals surface area contributed by atoms with Crippen LogP contribution in [0.1, 0.15) is 11.3 Å². The molecule has 8 aromatic heterocycles. The van der Waals surface area contributed by atoms with Crippen LogP contribution in [0.2, 0.25) is 0 Å². The van der Waals surface area contributed by atoms with Crippen molar-refractivity contribution in [2.45, 2.75) is 6.92 Å². The van der Waals surface area contributed by atoms with Gasteiger partial charge in [-0.3, -0.25) is 0 Å². The predicted molar refractivity (Wildman–Crippen MR) is 446 cm³/mol. The van der Waals surface area contributed by atoms with Crippen LogP contribution in [0.4, 0.5) is 0 Å². The van der Waals surface area contributed by atoms with E-state index in [9.17, 15) is 0 Å². The molecule has 0 unspecified atom stereocenters. The Morgan fingerprint density at radius 2 is 0.650 bits per heavy atom. The van der Waals surface area contributed by atoms with Gasteiger partial charge in [-0.1, -0.05) is 243 Å². The Morgan fingerprint density at radius 3 is 1.19 bits per heavy atom. The average molecular weight is 1340 g/mol. The Labute approximate surface area is 598 Å². The van der Waals surface area contributed by atoms with E-state index < -0.39 is 0 Å². The number of aryl methyl sites for hydroxylation is 1. The second-order valence-corrected chi connectivity index (χ2v) is 30.0. The number of para-hydroxylation sites is 3. The standard InChI is InChI=1S/C97H58N4S2/c1-3-4-29-79-56(2)65-47-48-77-76-51-54-87-92-90-73(28-17-34-85(90)103-87)69-23-8-6-21-67(69)71-25-10-13-31-81(71)101(95(76)92)97(77)96(65)99(79)64-45-39-58(40-46-64)57-35-37-59(38-36-57)61-18-15-19-62(55-61)60-41-43-63(44-42-60)98-82-32-14-11-26-78(82)88-83(98)52-49-74-75-50-53-86-91-89-72(27-16-33-84(89)102-86)68-22-7-5-20-66(68)70-24-9-12-30-80(70)100(93(74)88)94(75)91/h3-55H,1H2,2H3/b29-4-. The average Bonchev–Trinajstić information content (AvgIpc) is 1.53. The van der Waals surface area contributed by atoms with Gasteiger partial charge < -0.3 is 17.9 Å². The zero-order valence-electron chi connectivity index (χ0n) is 55.9. The molecule has 0 radical (unpaired) electrons. The number of allylic oxidation sites excluding steroid dienone is 2. The molecule has 0 saturated carbocycles. The Morgan fingerprint density at radius 1 is 0.262 bits per heavy atom. The summed E-state index contributed by atoms with van der Waals surface area (Å²) < 4.78 is 15.4. The van der Waals surface area contributed by atoms with Gasteiger partial charge in [0, 0.05) is 106 Å². The lowest BCUT2D eigenvalue weighted by molar-refractivity contribution is 1.10. The van der Waals surface area contributed by atoms with E-state index in [1.165, 1.54) is 199 Å². The third-order valence-corrected chi connectivity index (χ3v) is 24.9. The highest BCUT2D eigenvalue weighted by molar-refractivity contribution is 7.26. The quantitative estimate of drug-likeness (QED) is 0.142. The van der Waals surface area contributed by atoms with E-state index in [1.54, 1.807) is 0 Å². The van der Waals surface area contributed by atoms with Crippen LogP contribution >= 0.6 is 22.7 Å². The van der Waals surface area contributed by atoms with Gasteiger partial charge in [0.25, 0.3) is 0 Å². The molecule has 103 heavy (non-hydrogen) atoms. The van der Waals surface area contributed by atoms with E-state index in [2.05, 4.69) is 347 Å². The normalized spacial score (nSPS) is 12.5. The molecule has 0 aliphatic carbocycles.